The SMILES string of the molecule is CC/C=C(\N)[Si](OCC)(OCC)OCC. The van der Waals surface area contributed by atoms with Gasteiger partial charge in [-0.3, -0.25) is 0 Å². The van der Waals surface area contributed by atoms with Crippen LogP contribution in [-0.2, 0) is 13.3 Å². The number of hydrogen-bond acceptors (Lipinski definition) is 4. The van der Waals surface area contributed by atoms with Crippen LogP contribution in [0, 0.1) is 0 Å². The second-order valence-electron chi connectivity index (χ2n) is 2.92. The van der Waals surface area contributed by atoms with Crippen molar-refractivity contribution >= 4 is 8.80 Å². The molecule has 15 heavy (non-hydrogen) atoms. The smallest absolute Gasteiger partial charge is 0.400 e. The maximum Gasteiger partial charge on any atom is 0.553 e. The molecule has 5 heteroatoms. The summed E-state index contributed by atoms with van der Waals surface area (Å²) >= 11 is 0. The van der Waals surface area contributed by atoms with E-state index in [0.29, 0.717) is 25.1 Å². The Morgan fingerprint density at radius 2 is 1.40 bits per heavy atom. The van der Waals surface area contributed by atoms with Crippen LogP contribution in [0.5, 0.6) is 0 Å². The zero-order chi connectivity index (χ0) is 11.7. The van der Waals surface area contributed by atoms with Crippen LogP contribution in [0.2, 0.25) is 0 Å². The minimum atomic E-state index is -2.78. The van der Waals surface area contributed by atoms with Gasteiger partial charge in [0.05, 0.1) is 5.32 Å². The van der Waals surface area contributed by atoms with Crippen molar-refractivity contribution in [1.29, 1.82) is 0 Å². The van der Waals surface area contributed by atoms with Crippen LogP contribution >= 0.6 is 0 Å². The van der Waals surface area contributed by atoms with E-state index in [9.17, 15) is 0 Å². The predicted molar refractivity (Wildman–Crippen MR) is 63.2 cm³/mol. The molecule has 0 saturated carbocycles. The second-order valence-corrected chi connectivity index (χ2v) is 5.48. The molecule has 0 aliphatic carbocycles. The van der Waals surface area contributed by atoms with Crippen molar-refractivity contribution in [3.8, 4) is 0 Å². The lowest BCUT2D eigenvalue weighted by Gasteiger charge is -2.28. The number of hydrogen-bond donors (Lipinski definition) is 1. The lowest BCUT2D eigenvalue weighted by Crippen LogP contribution is -2.51. The van der Waals surface area contributed by atoms with E-state index < -0.39 is 8.80 Å². The van der Waals surface area contributed by atoms with Gasteiger partial charge in [-0.05, 0) is 27.2 Å². The highest BCUT2D eigenvalue weighted by Gasteiger charge is 2.44. The highest BCUT2D eigenvalue weighted by molar-refractivity contribution is 6.68. The normalized spacial score (nSPS) is 13.2. The molecule has 0 atom stereocenters. The molecule has 0 unspecified atom stereocenters. The van der Waals surface area contributed by atoms with Crippen molar-refractivity contribution in [2.75, 3.05) is 19.8 Å². The van der Waals surface area contributed by atoms with E-state index in [2.05, 4.69) is 0 Å². The van der Waals surface area contributed by atoms with Gasteiger partial charge in [-0.25, -0.2) is 0 Å². The molecule has 0 heterocycles. The molecule has 0 bridgehead atoms. The first-order valence-electron chi connectivity index (χ1n) is 5.54. The molecule has 2 N–H and O–H groups in total. The van der Waals surface area contributed by atoms with Crippen molar-refractivity contribution in [2.45, 2.75) is 34.1 Å². The minimum Gasteiger partial charge on any atom is -0.400 e. The summed E-state index contributed by atoms with van der Waals surface area (Å²) in [5.74, 6) is 0. The van der Waals surface area contributed by atoms with Crippen LogP contribution in [0.3, 0.4) is 0 Å². The lowest BCUT2D eigenvalue weighted by molar-refractivity contribution is 0.0802. The maximum atomic E-state index is 5.97. The van der Waals surface area contributed by atoms with Crippen LogP contribution in [0.1, 0.15) is 34.1 Å². The topological polar surface area (TPSA) is 53.7 Å². The van der Waals surface area contributed by atoms with E-state index in [-0.39, 0.29) is 0 Å². The fourth-order valence-corrected chi connectivity index (χ4v) is 3.63. The van der Waals surface area contributed by atoms with E-state index >= 15 is 0 Å². The van der Waals surface area contributed by atoms with Gasteiger partial charge >= 0.3 is 8.80 Å². The van der Waals surface area contributed by atoms with Crippen molar-refractivity contribution < 1.29 is 13.3 Å². The Kier molecular flexibility index (Phi) is 7.68. The fourth-order valence-electron chi connectivity index (χ4n) is 1.29. The second kappa shape index (κ2) is 7.87. The monoisotopic (exact) mass is 233 g/mol. The third-order valence-corrected chi connectivity index (χ3v) is 4.70. The van der Waals surface area contributed by atoms with E-state index in [4.69, 9.17) is 19.0 Å². The zero-order valence-electron chi connectivity index (χ0n) is 10.2. The fraction of sp³-hybridized carbons (Fsp3) is 0.800. The molecular formula is C10H23NO3Si. The van der Waals surface area contributed by atoms with Crippen molar-refractivity contribution in [3.63, 3.8) is 0 Å². The summed E-state index contributed by atoms with van der Waals surface area (Å²) < 4.78 is 16.9. The third kappa shape index (κ3) is 4.34. The zero-order valence-corrected chi connectivity index (χ0v) is 11.2. The summed E-state index contributed by atoms with van der Waals surface area (Å²) in [5.41, 5.74) is 5.97. The quantitative estimate of drug-likeness (QED) is 0.650. The number of rotatable bonds is 8. The maximum absolute atomic E-state index is 5.97. The number of allylic oxidation sites excluding steroid dienone is 1. The van der Waals surface area contributed by atoms with Crippen molar-refractivity contribution in [2.24, 2.45) is 5.73 Å². The third-order valence-electron chi connectivity index (χ3n) is 1.78. The van der Waals surface area contributed by atoms with Gasteiger partial charge in [-0.1, -0.05) is 13.0 Å². The van der Waals surface area contributed by atoms with Gasteiger partial charge in [0, 0.05) is 19.8 Å². The molecular weight excluding hydrogens is 210 g/mol. The molecule has 4 nitrogen and oxygen atoms in total. The molecule has 0 aromatic rings. The molecule has 0 fully saturated rings. The summed E-state index contributed by atoms with van der Waals surface area (Å²) in [5, 5.41) is 0.621. The predicted octanol–water partition coefficient (Wildman–Crippen LogP) is 1.83. The molecule has 0 radical (unpaired) electrons. The standard InChI is InChI=1S/C10H23NO3Si/c1-5-9-10(11)15(12-6-2,13-7-3)14-8-4/h9H,5-8,11H2,1-4H3/b10-9+. The van der Waals surface area contributed by atoms with E-state index in [0.717, 1.165) is 6.42 Å². The van der Waals surface area contributed by atoms with Gasteiger partial charge < -0.3 is 19.0 Å². The summed E-state index contributed by atoms with van der Waals surface area (Å²) in [6.45, 7) is 9.41. The minimum absolute atomic E-state index is 0.546. The average Bonchev–Trinajstić information content (AvgIpc) is 2.19. The molecule has 90 valence electrons. The lowest BCUT2D eigenvalue weighted by atomic mass is 10.5. The first-order valence-corrected chi connectivity index (χ1v) is 7.27. The van der Waals surface area contributed by atoms with E-state index in [1.54, 1.807) is 0 Å². The first kappa shape index (κ1) is 14.6. The van der Waals surface area contributed by atoms with Crippen LogP contribution in [-0.4, -0.2) is 28.6 Å². The van der Waals surface area contributed by atoms with Gasteiger partial charge in [-0.2, -0.15) is 0 Å². The molecule has 0 saturated heterocycles. The Labute approximate surface area is 93.8 Å². The van der Waals surface area contributed by atoms with Crippen molar-refractivity contribution in [3.05, 3.63) is 11.4 Å². The molecule has 0 aromatic carbocycles. The Morgan fingerprint density at radius 3 is 1.67 bits per heavy atom. The average molecular weight is 233 g/mol. The molecule has 0 rings (SSSR count). The van der Waals surface area contributed by atoms with Gasteiger partial charge in [0.15, 0.2) is 0 Å². The van der Waals surface area contributed by atoms with Gasteiger partial charge in [-0.15, -0.1) is 0 Å². The Balaban J connectivity index is 4.82. The highest BCUT2D eigenvalue weighted by Crippen LogP contribution is 2.16. The Morgan fingerprint density at radius 1 is 1.00 bits per heavy atom. The van der Waals surface area contributed by atoms with Gasteiger partial charge in [0.25, 0.3) is 0 Å². The van der Waals surface area contributed by atoms with Crippen LogP contribution in [0.25, 0.3) is 0 Å². The van der Waals surface area contributed by atoms with E-state index in [1.165, 1.54) is 0 Å². The highest BCUT2D eigenvalue weighted by atomic mass is 28.4. The summed E-state index contributed by atoms with van der Waals surface area (Å²) in [6.07, 6.45) is 2.76. The van der Waals surface area contributed by atoms with Gasteiger partial charge in [0.1, 0.15) is 0 Å². The van der Waals surface area contributed by atoms with E-state index in [1.807, 2.05) is 33.8 Å². The summed E-state index contributed by atoms with van der Waals surface area (Å²) in [6, 6.07) is 0. The number of nitrogens with two attached hydrogens (primary N) is 1. The molecule has 0 spiro atoms. The van der Waals surface area contributed by atoms with Crippen LogP contribution in [0.15, 0.2) is 11.4 Å². The largest absolute Gasteiger partial charge is 0.553 e. The van der Waals surface area contributed by atoms with Gasteiger partial charge in [0.2, 0.25) is 0 Å². The molecule has 0 aromatic heterocycles. The molecule has 0 aliphatic rings. The van der Waals surface area contributed by atoms with Crippen LogP contribution < -0.4 is 5.73 Å². The molecule has 0 aliphatic heterocycles. The molecule has 0 amide bonds. The summed E-state index contributed by atoms with van der Waals surface area (Å²) in [4.78, 5) is 0. The van der Waals surface area contributed by atoms with Crippen LogP contribution in [0.4, 0.5) is 0 Å². The summed E-state index contributed by atoms with van der Waals surface area (Å²) in [7, 11) is -2.78. The Bertz CT molecular complexity index is 180. The van der Waals surface area contributed by atoms with Crippen molar-refractivity contribution in [1.82, 2.24) is 0 Å². The first-order chi connectivity index (χ1) is 7.16. The Hall–Kier alpha value is -0.363.